The molecule has 2 N–H and O–H groups in total. The van der Waals surface area contributed by atoms with Crippen molar-refractivity contribution in [3.05, 3.63) is 30.1 Å². The van der Waals surface area contributed by atoms with E-state index in [9.17, 15) is 0 Å². The molecule has 0 radical (unpaired) electrons. The van der Waals surface area contributed by atoms with E-state index < -0.39 is 0 Å². The molecule has 1 aromatic carbocycles. The van der Waals surface area contributed by atoms with Gasteiger partial charge >= 0.3 is 0 Å². The number of hydrogen-bond donors (Lipinski definition) is 1. The molecule has 0 spiro atoms. The molecule has 4 heteroatoms. The summed E-state index contributed by atoms with van der Waals surface area (Å²) in [5.41, 5.74) is 8.13. The fourth-order valence-corrected chi connectivity index (χ4v) is 1.81. The van der Waals surface area contributed by atoms with E-state index in [1.54, 1.807) is 0 Å². The highest BCUT2D eigenvalue weighted by Gasteiger charge is 2.16. The van der Waals surface area contributed by atoms with Crippen LogP contribution in [0.1, 0.15) is 5.82 Å². The summed E-state index contributed by atoms with van der Waals surface area (Å²) < 4.78 is 4.27. The fourth-order valence-electron chi connectivity index (χ4n) is 1.81. The number of nitrogens with zero attached hydrogens (tertiary/aromatic N) is 2. The number of benzene rings is 1. The van der Waals surface area contributed by atoms with Crippen molar-refractivity contribution in [2.24, 2.45) is 19.8 Å². The maximum absolute atomic E-state index is 5.67. The predicted octanol–water partition coefficient (Wildman–Crippen LogP) is -2.53. The zero-order valence-electron chi connectivity index (χ0n) is 8.37. The molecule has 0 fully saturated rings. The quantitative estimate of drug-likeness (QED) is 0.519. The Bertz CT molecular complexity index is 409. The van der Waals surface area contributed by atoms with Crippen LogP contribution in [0.5, 0.6) is 0 Å². The van der Waals surface area contributed by atoms with Gasteiger partial charge in [0.15, 0.2) is 11.0 Å². The number of aromatic nitrogens is 2. The van der Waals surface area contributed by atoms with Gasteiger partial charge in [0.1, 0.15) is 0 Å². The van der Waals surface area contributed by atoms with Crippen molar-refractivity contribution in [1.82, 2.24) is 4.57 Å². The average Bonchev–Trinajstić information content (AvgIpc) is 2.41. The number of para-hydroxylation sites is 2. The Labute approximate surface area is 89.5 Å². The maximum Gasteiger partial charge on any atom is 0.270 e. The minimum atomic E-state index is 0. The number of imidazole rings is 1. The average molecular weight is 212 g/mol. The van der Waals surface area contributed by atoms with Gasteiger partial charge in [0.25, 0.3) is 5.82 Å². The van der Waals surface area contributed by atoms with Crippen molar-refractivity contribution in [3.8, 4) is 0 Å². The van der Waals surface area contributed by atoms with Crippen LogP contribution in [-0.2, 0) is 20.6 Å². The summed E-state index contributed by atoms with van der Waals surface area (Å²) in [6, 6.07) is 8.30. The third-order valence-electron chi connectivity index (χ3n) is 2.56. The molecule has 1 aromatic heterocycles. The lowest BCUT2D eigenvalue weighted by atomic mass is 10.3. The Morgan fingerprint density at radius 1 is 1.36 bits per heavy atom. The molecule has 0 saturated heterocycles. The van der Waals surface area contributed by atoms with Gasteiger partial charge in [-0.3, -0.25) is 0 Å². The molecule has 0 aliphatic heterocycles. The first-order valence-corrected chi connectivity index (χ1v) is 4.38. The lowest BCUT2D eigenvalue weighted by molar-refractivity contribution is -0.653. The summed E-state index contributed by atoms with van der Waals surface area (Å²) in [6.07, 6.45) is 0. The van der Waals surface area contributed by atoms with E-state index in [-0.39, 0.29) is 12.4 Å². The Balaban J connectivity index is 0.000000980. The van der Waals surface area contributed by atoms with Crippen molar-refractivity contribution in [2.45, 2.75) is 6.54 Å². The van der Waals surface area contributed by atoms with Gasteiger partial charge in [0, 0.05) is 0 Å². The normalized spacial score (nSPS) is 10.2. The highest BCUT2D eigenvalue weighted by molar-refractivity contribution is 5.71. The molecule has 0 bridgehead atoms. The van der Waals surface area contributed by atoms with Gasteiger partial charge < -0.3 is 18.1 Å². The lowest BCUT2D eigenvalue weighted by Crippen LogP contribution is -3.00. The van der Waals surface area contributed by atoms with Crippen LogP contribution in [0.4, 0.5) is 0 Å². The molecule has 1 heterocycles. The van der Waals surface area contributed by atoms with Crippen molar-refractivity contribution in [2.75, 3.05) is 0 Å². The molecule has 3 nitrogen and oxygen atoms in total. The van der Waals surface area contributed by atoms with E-state index in [0.29, 0.717) is 6.54 Å². The number of aryl methyl sites for hydroxylation is 2. The number of rotatable bonds is 1. The SMILES string of the molecule is Cn1c(CN)[n+](C)c2ccccc21.[Cl-]. The zero-order valence-corrected chi connectivity index (χ0v) is 9.12. The van der Waals surface area contributed by atoms with Crippen LogP contribution in [0.3, 0.4) is 0 Å². The second-order valence-electron chi connectivity index (χ2n) is 3.23. The lowest BCUT2D eigenvalue weighted by Gasteiger charge is -1.91. The number of hydrogen-bond acceptors (Lipinski definition) is 1. The van der Waals surface area contributed by atoms with Crippen LogP contribution < -0.4 is 22.7 Å². The Hall–Kier alpha value is -1.06. The van der Waals surface area contributed by atoms with E-state index in [1.807, 2.05) is 26.2 Å². The van der Waals surface area contributed by atoms with E-state index >= 15 is 0 Å². The van der Waals surface area contributed by atoms with Gasteiger partial charge in [0.2, 0.25) is 0 Å². The van der Waals surface area contributed by atoms with Crippen molar-refractivity contribution in [1.29, 1.82) is 0 Å². The third-order valence-corrected chi connectivity index (χ3v) is 2.56. The molecule has 0 aliphatic carbocycles. The summed E-state index contributed by atoms with van der Waals surface area (Å²) in [7, 11) is 4.09. The fraction of sp³-hybridized carbons (Fsp3) is 0.300. The van der Waals surface area contributed by atoms with Gasteiger partial charge in [-0.25, -0.2) is 9.13 Å². The predicted molar refractivity (Wildman–Crippen MR) is 52.0 cm³/mol. The Kier molecular flexibility index (Phi) is 3.13. The molecule has 14 heavy (non-hydrogen) atoms. The number of halogens is 1. The highest BCUT2D eigenvalue weighted by Crippen LogP contribution is 2.11. The van der Waals surface area contributed by atoms with Crippen LogP contribution in [-0.4, -0.2) is 4.57 Å². The largest absolute Gasteiger partial charge is 1.00 e. The maximum atomic E-state index is 5.67. The second kappa shape index (κ2) is 3.98. The minimum absolute atomic E-state index is 0. The van der Waals surface area contributed by atoms with Crippen LogP contribution in [0, 0.1) is 0 Å². The van der Waals surface area contributed by atoms with Crippen molar-refractivity contribution >= 4 is 11.0 Å². The van der Waals surface area contributed by atoms with Crippen molar-refractivity contribution in [3.63, 3.8) is 0 Å². The summed E-state index contributed by atoms with van der Waals surface area (Å²) >= 11 is 0. The molecule has 2 rings (SSSR count). The summed E-state index contributed by atoms with van der Waals surface area (Å²) in [5.74, 6) is 1.14. The molecule has 0 amide bonds. The van der Waals surface area contributed by atoms with E-state index in [4.69, 9.17) is 5.73 Å². The van der Waals surface area contributed by atoms with E-state index in [1.165, 1.54) is 11.0 Å². The van der Waals surface area contributed by atoms with Crippen LogP contribution in [0.15, 0.2) is 24.3 Å². The minimum Gasteiger partial charge on any atom is -1.00 e. The summed E-state index contributed by atoms with van der Waals surface area (Å²) in [4.78, 5) is 0. The van der Waals surface area contributed by atoms with Crippen LogP contribution >= 0.6 is 0 Å². The van der Waals surface area contributed by atoms with E-state index in [0.717, 1.165) is 5.82 Å². The van der Waals surface area contributed by atoms with Crippen LogP contribution in [0.25, 0.3) is 11.0 Å². The second-order valence-corrected chi connectivity index (χ2v) is 3.23. The first-order chi connectivity index (χ1) is 6.25. The summed E-state index contributed by atoms with van der Waals surface area (Å²) in [5, 5.41) is 0. The van der Waals surface area contributed by atoms with Gasteiger partial charge in [-0.1, -0.05) is 12.1 Å². The van der Waals surface area contributed by atoms with Gasteiger partial charge in [-0.15, -0.1) is 0 Å². The summed E-state index contributed by atoms with van der Waals surface area (Å²) in [6.45, 7) is 0.571. The molecule has 0 unspecified atom stereocenters. The zero-order chi connectivity index (χ0) is 9.42. The van der Waals surface area contributed by atoms with E-state index in [2.05, 4.69) is 21.3 Å². The topological polar surface area (TPSA) is 34.8 Å². The first kappa shape index (κ1) is 11.0. The first-order valence-electron chi connectivity index (χ1n) is 4.38. The van der Waals surface area contributed by atoms with Crippen molar-refractivity contribution < 1.29 is 17.0 Å². The molecule has 0 atom stereocenters. The number of fused-ring (bicyclic) bond motifs is 1. The van der Waals surface area contributed by atoms with Gasteiger partial charge in [-0.05, 0) is 12.1 Å². The monoisotopic (exact) mass is 211 g/mol. The van der Waals surface area contributed by atoms with Crippen LogP contribution in [0.2, 0.25) is 0 Å². The molecule has 0 aliphatic rings. The highest BCUT2D eigenvalue weighted by atomic mass is 35.5. The molecule has 76 valence electrons. The molecule has 0 saturated carbocycles. The Morgan fingerprint density at radius 2 is 2.00 bits per heavy atom. The number of nitrogens with two attached hydrogens (primary N) is 1. The molecule has 2 aromatic rings. The standard InChI is InChI=1S/C10H14N3.ClH/c1-12-8-5-3-4-6-9(8)13(2)10(12)7-11;/h3-6H,7,11H2,1-2H3;1H/q+1;/p-1. The van der Waals surface area contributed by atoms with Gasteiger partial charge in [-0.2, -0.15) is 0 Å². The van der Waals surface area contributed by atoms with Gasteiger partial charge in [0.05, 0.1) is 20.6 Å². The third kappa shape index (κ3) is 1.38. The smallest absolute Gasteiger partial charge is 0.270 e. The Morgan fingerprint density at radius 3 is 2.57 bits per heavy atom. The molecular weight excluding hydrogens is 198 g/mol. The molecular formula is C10H14ClN3.